The molecular formula is C16H11ClFNS. The first-order valence-corrected chi connectivity index (χ1v) is 7.31. The van der Waals surface area contributed by atoms with E-state index in [-0.39, 0.29) is 5.82 Å². The molecule has 0 bridgehead atoms. The van der Waals surface area contributed by atoms with Gasteiger partial charge in [-0.05, 0) is 36.2 Å². The fourth-order valence-corrected chi connectivity index (χ4v) is 2.98. The Kier molecular flexibility index (Phi) is 3.55. The maximum atomic E-state index is 12.9. The lowest BCUT2D eigenvalue weighted by Crippen LogP contribution is -1.78. The van der Waals surface area contributed by atoms with E-state index in [1.807, 2.05) is 25.1 Å². The Hall–Kier alpha value is -1.71. The van der Waals surface area contributed by atoms with Gasteiger partial charge in [-0.15, -0.1) is 11.3 Å². The maximum Gasteiger partial charge on any atom is 0.123 e. The van der Waals surface area contributed by atoms with Gasteiger partial charge in [0, 0.05) is 16.8 Å². The molecule has 0 unspecified atom stereocenters. The van der Waals surface area contributed by atoms with Crippen LogP contribution in [0.3, 0.4) is 0 Å². The van der Waals surface area contributed by atoms with Gasteiger partial charge in [0.05, 0.1) is 4.88 Å². The first-order chi connectivity index (χ1) is 9.63. The van der Waals surface area contributed by atoms with Crippen LogP contribution in [0.1, 0.15) is 5.56 Å². The molecule has 100 valence electrons. The molecule has 0 amide bonds. The van der Waals surface area contributed by atoms with E-state index in [4.69, 9.17) is 11.6 Å². The number of benzene rings is 2. The summed E-state index contributed by atoms with van der Waals surface area (Å²) < 4.78 is 12.9. The molecule has 0 atom stereocenters. The molecule has 3 rings (SSSR count). The molecule has 0 radical (unpaired) electrons. The van der Waals surface area contributed by atoms with Crippen molar-refractivity contribution in [3.63, 3.8) is 0 Å². The Morgan fingerprint density at radius 1 is 1.05 bits per heavy atom. The van der Waals surface area contributed by atoms with Crippen LogP contribution in [0.2, 0.25) is 5.02 Å². The van der Waals surface area contributed by atoms with Gasteiger partial charge < -0.3 is 0 Å². The second-order valence-electron chi connectivity index (χ2n) is 4.50. The summed E-state index contributed by atoms with van der Waals surface area (Å²) in [6.45, 7) is 1.97. The van der Waals surface area contributed by atoms with Gasteiger partial charge in [0.2, 0.25) is 0 Å². The number of thiazole rings is 1. The SMILES string of the molecule is Cc1ccc(-c2ncc(-c3ccc(F)cc3)s2)cc1Cl. The highest BCUT2D eigenvalue weighted by molar-refractivity contribution is 7.18. The third kappa shape index (κ3) is 2.60. The second-order valence-corrected chi connectivity index (χ2v) is 5.94. The normalized spacial score (nSPS) is 10.8. The standard InChI is InChI=1S/C16H11ClFNS/c1-10-2-3-12(8-14(10)17)16-19-9-15(20-16)11-4-6-13(18)7-5-11/h2-9H,1H3. The van der Waals surface area contributed by atoms with Crippen molar-refractivity contribution in [2.75, 3.05) is 0 Å². The third-order valence-electron chi connectivity index (χ3n) is 3.05. The molecule has 0 N–H and O–H groups in total. The molecule has 0 aliphatic carbocycles. The zero-order valence-corrected chi connectivity index (χ0v) is 12.3. The lowest BCUT2D eigenvalue weighted by molar-refractivity contribution is 0.628. The van der Waals surface area contributed by atoms with Crippen LogP contribution < -0.4 is 0 Å². The predicted molar refractivity (Wildman–Crippen MR) is 82.7 cm³/mol. The first kappa shape index (κ1) is 13.3. The summed E-state index contributed by atoms with van der Waals surface area (Å²) in [6, 6.07) is 12.3. The van der Waals surface area contributed by atoms with Crippen molar-refractivity contribution in [2.45, 2.75) is 6.92 Å². The van der Waals surface area contributed by atoms with Crippen LogP contribution >= 0.6 is 22.9 Å². The van der Waals surface area contributed by atoms with Crippen molar-refractivity contribution in [3.05, 3.63) is 65.1 Å². The maximum absolute atomic E-state index is 12.9. The average molecular weight is 304 g/mol. The molecule has 4 heteroatoms. The Labute approximate surface area is 125 Å². The van der Waals surface area contributed by atoms with Crippen molar-refractivity contribution in [2.24, 2.45) is 0 Å². The fourth-order valence-electron chi connectivity index (χ4n) is 1.88. The molecular weight excluding hydrogens is 293 g/mol. The third-order valence-corrected chi connectivity index (χ3v) is 4.56. The van der Waals surface area contributed by atoms with Crippen molar-refractivity contribution < 1.29 is 4.39 Å². The Morgan fingerprint density at radius 3 is 2.45 bits per heavy atom. The van der Waals surface area contributed by atoms with Crippen molar-refractivity contribution in [3.8, 4) is 21.0 Å². The number of rotatable bonds is 2. The summed E-state index contributed by atoms with van der Waals surface area (Å²) in [5, 5.41) is 1.65. The van der Waals surface area contributed by atoms with E-state index in [1.54, 1.807) is 29.7 Å². The number of aromatic nitrogens is 1. The summed E-state index contributed by atoms with van der Waals surface area (Å²) in [7, 11) is 0. The van der Waals surface area contributed by atoms with Crippen LogP contribution in [-0.4, -0.2) is 4.98 Å². The van der Waals surface area contributed by atoms with Crippen LogP contribution in [0.15, 0.2) is 48.7 Å². The number of aryl methyl sites for hydroxylation is 1. The van der Waals surface area contributed by atoms with Gasteiger partial charge in [-0.25, -0.2) is 9.37 Å². The summed E-state index contributed by atoms with van der Waals surface area (Å²) in [4.78, 5) is 5.43. The molecule has 1 heterocycles. The quantitative estimate of drug-likeness (QED) is 0.602. The van der Waals surface area contributed by atoms with Crippen LogP contribution in [0.4, 0.5) is 4.39 Å². The Bertz CT molecular complexity index is 749. The first-order valence-electron chi connectivity index (χ1n) is 6.12. The summed E-state index contributed by atoms with van der Waals surface area (Å²) in [5.41, 5.74) is 3.01. The Balaban J connectivity index is 1.97. The van der Waals surface area contributed by atoms with Crippen LogP contribution in [0.5, 0.6) is 0 Å². The summed E-state index contributed by atoms with van der Waals surface area (Å²) in [6.07, 6.45) is 1.81. The van der Waals surface area contributed by atoms with Gasteiger partial charge in [0.1, 0.15) is 10.8 Å². The second kappa shape index (κ2) is 5.35. The fraction of sp³-hybridized carbons (Fsp3) is 0.0625. The van der Waals surface area contributed by atoms with Crippen molar-refractivity contribution in [1.29, 1.82) is 0 Å². The van der Waals surface area contributed by atoms with Crippen molar-refractivity contribution in [1.82, 2.24) is 4.98 Å². The number of hydrogen-bond acceptors (Lipinski definition) is 2. The molecule has 0 aliphatic rings. The predicted octanol–water partition coefficient (Wildman–Crippen LogP) is 5.58. The summed E-state index contributed by atoms with van der Waals surface area (Å²) in [5.74, 6) is -0.233. The van der Waals surface area contributed by atoms with Crippen LogP contribution in [0.25, 0.3) is 21.0 Å². The minimum absolute atomic E-state index is 0.233. The highest BCUT2D eigenvalue weighted by atomic mass is 35.5. The molecule has 0 fully saturated rings. The number of nitrogens with zero attached hydrogens (tertiary/aromatic N) is 1. The van der Waals surface area contributed by atoms with E-state index < -0.39 is 0 Å². The van der Waals surface area contributed by atoms with Crippen LogP contribution in [-0.2, 0) is 0 Å². The van der Waals surface area contributed by atoms with E-state index in [2.05, 4.69) is 4.98 Å². The lowest BCUT2D eigenvalue weighted by atomic mass is 10.1. The molecule has 0 spiro atoms. The van der Waals surface area contributed by atoms with E-state index in [9.17, 15) is 4.39 Å². The molecule has 1 nitrogen and oxygen atoms in total. The van der Waals surface area contributed by atoms with Gasteiger partial charge in [-0.1, -0.05) is 35.9 Å². The molecule has 0 saturated heterocycles. The van der Waals surface area contributed by atoms with Gasteiger partial charge in [0.15, 0.2) is 0 Å². The van der Waals surface area contributed by atoms with E-state index >= 15 is 0 Å². The molecule has 20 heavy (non-hydrogen) atoms. The van der Waals surface area contributed by atoms with Crippen LogP contribution in [0, 0.1) is 12.7 Å². The molecule has 0 saturated carbocycles. The van der Waals surface area contributed by atoms with Crippen molar-refractivity contribution >= 4 is 22.9 Å². The number of halogens is 2. The van der Waals surface area contributed by atoms with Gasteiger partial charge in [0.25, 0.3) is 0 Å². The molecule has 1 aromatic heterocycles. The number of hydrogen-bond donors (Lipinski definition) is 0. The highest BCUT2D eigenvalue weighted by Crippen LogP contribution is 2.33. The van der Waals surface area contributed by atoms with Gasteiger partial charge in [-0.3, -0.25) is 0 Å². The average Bonchev–Trinajstić information content (AvgIpc) is 2.92. The van der Waals surface area contributed by atoms with Gasteiger partial charge in [-0.2, -0.15) is 0 Å². The smallest absolute Gasteiger partial charge is 0.123 e. The van der Waals surface area contributed by atoms with E-state index in [0.717, 1.165) is 31.6 Å². The monoisotopic (exact) mass is 303 g/mol. The van der Waals surface area contributed by atoms with E-state index in [0.29, 0.717) is 0 Å². The van der Waals surface area contributed by atoms with Gasteiger partial charge >= 0.3 is 0 Å². The largest absolute Gasteiger partial charge is 0.244 e. The molecule has 2 aromatic carbocycles. The lowest BCUT2D eigenvalue weighted by Gasteiger charge is -2.00. The highest BCUT2D eigenvalue weighted by Gasteiger charge is 2.08. The minimum Gasteiger partial charge on any atom is -0.244 e. The molecule has 3 aromatic rings. The Morgan fingerprint density at radius 2 is 1.75 bits per heavy atom. The summed E-state index contributed by atoms with van der Waals surface area (Å²) >= 11 is 7.71. The topological polar surface area (TPSA) is 12.9 Å². The zero-order chi connectivity index (χ0) is 14.1. The zero-order valence-electron chi connectivity index (χ0n) is 10.7. The van der Waals surface area contributed by atoms with E-state index in [1.165, 1.54) is 12.1 Å². The minimum atomic E-state index is -0.233. The molecule has 0 aliphatic heterocycles.